The van der Waals surface area contributed by atoms with Crippen molar-refractivity contribution in [3.63, 3.8) is 0 Å². The Morgan fingerprint density at radius 2 is 1.88 bits per heavy atom. The molecule has 2 N–H and O–H groups in total. The van der Waals surface area contributed by atoms with Crippen molar-refractivity contribution >= 4 is 35.6 Å². The number of carboxylic acid groups (broad SMARTS) is 1. The van der Waals surface area contributed by atoms with Gasteiger partial charge in [0.2, 0.25) is 0 Å². The highest BCUT2D eigenvalue weighted by Gasteiger charge is 2.36. The number of nitrogens with zero attached hydrogens (tertiary/aromatic N) is 1. The Hall–Kier alpha value is -4.40. The lowest BCUT2D eigenvalue weighted by atomic mass is 10.0. The third kappa shape index (κ3) is 5.15. The van der Waals surface area contributed by atoms with Crippen molar-refractivity contribution in [3.05, 3.63) is 71.3 Å². The molecule has 9 heteroatoms. The summed E-state index contributed by atoms with van der Waals surface area (Å²) < 4.78 is 10.7. The Kier molecular flexibility index (Phi) is 7.47. The zero-order valence-electron chi connectivity index (χ0n) is 18.8. The number of amides is 4. The van der Waals surface area contributed by atoms with E-state index in [0.29, 0.717) is 23.2 Å². The predicted octanol–water partition coefficient (Wildman–Crippen LogP) is 3.12. The van der Waals surface area contributed by atoms with Gasteiger partial charge in [0, 0.05) is 5.56 Å². The molecule has 1 aliphatic heterocycles. The maximum atomic E-state index is 13.2. The number of aliphatic carboxylic acids is 1. The summed E-state index contributed by atoms with van der Waals surface area (Å²) in [7, 11) is 1.39. The van der Waals surface area contributed by atoms with Crippen molar-refractivity contribution in [2.24, 2.45) is 0 Å². The number of benzene rings is 2. The molecule has 176 valence electrons. The number of ether oxygens (including phenoxy) is 2. The Labute approximate surface area is 196 Å². The molecular formula is C25H24N2O7. The van der Waals surface area contributed by atoms with Gasteiger partial charge in [-0.25, -0.2) is 14.5 Å². The number of anilines is 1. The van der Waals surface area contributed by atoms with Gasteiger partial charge in [0.05, 0.1) is 12.8 Å². The van der Waals surface area contributed by atoms with Crippen molar-refractivity contribution in [2.75, 3.05) is 18.6 Å². The number of carbonyl (C=O) groups excluding carboxylic acids is 3. The van der Waals surface area contributed by atoms with Crippen LogP contribution in [0.25, 0.3) is 6.08 Å². The number of aryl methyl sites for hydroxylation is 1. The van der Waals surface area contributed by atoms with E-state index in [1.165, 1.54) is 19.3 Å². The van der Waals surface area contributed by atoms with Crippen molar-refractivity contribution in [1.29, 1.82) is 0 Å². The summed E-state index contributed by atoms with van der Waals surface area (Å²) in [5.41, 5.74) is 2.10. The van der Waals surface area contributed by atoms with Gasteiger partial charge in [-0.2, -0.15) is 0 Å². The number of hydrogen-bond donors (Lipinski definition) is 2. The average molecular weight is 464 g/mol. The number of urea groups is 1. The van der Waals surface area contributed by atoms with Gasteiger partial charge in [-0.1, -0.05) is 25.1 Å². The second-order valence-corrected chi connectivity index (χ2v) is 7.36. The minimum absolute atomic E-state index is 0.221. The van der Waals surface area contributed by atoms with Gasteiger partial charge in [-0.05, 0) is 54.3 Å². The predicted molar refractivity (Wildman–Crippen MR) is 125 cm³/mol. The van der Waals surface area contributed by atoms with Crippen LogP contribution in [0.1, 0.15) is 23.6 Å². The van der Waals surface area contributed by atoms with Crippen LogP contribution < -0.4 is 19.7 Å². The van der Waals surface area contributed by atoms with Crippen molar-refractivity contribution in [1.82, 2.24) is 5.32 Å². The Morgan fingerprint density at radius 1 is 1.18 bits per heavy atom. The van der Waals surface area contributed by atoms with E-state index < -0.39 is 30.4 Å². The number of methoxy groups -OCH3 is 1. The van der Waals surface area contributed by atoms with Gasteiger partial charge in [0.1, 0.15) is 5.57 Å². The van der Waals surface area contributed by atoms with Gasteiger partial charge in [-0.3, -0.25) is 14.9 Å². The van der Waals surface area contributed by atoms with Crippen LogP contribution in [0.5, 0.6) is 11.5 Å². The van der Waals surface area contributed by atoms with Crippen molar-refractivity contribution < 1.29 is 33.8 Å². The molecule has 0 spiro atoms. The first-order valence-corrected chi connectivity index (χ1v) is 10.5. The lowest BCUT2D eigenvalue weighted by Crippen LogP contribution is -2.54. The number of allylic oxidation sites excluding steroid dienone is 1. The molecule has 4 amide bonds. The van der Waals surface area contributed by atoms with Gasteiger partial charge < -0.3 is 14.6 Å². The lowest BCUT2D eigenvalue weighted by molar-refractivity contribution is -0.139. The smallest absolute Gasteiger partial charge is 0.341 e. The van der Waals surface area contributed by atoms with Crippen LogP contribution in [-0.2, 0) is 27.2 Å². The second-order valence-electron chi connectivity index (χ2n) is 7.36. The molecule has 34 heavy (non-hydrogen) atoms. The summed E-state index contributed by atoms with van der Waals surface area (Å²) in [6, 6.07) is 9.20. The van der Waals surface area contributed by atoms with E-state index in [9.17, 15) is 19.2 Å². The highest BCUT2D eigenvalue weighted by atomic mass is 16.5. The molecule has 0 bridgehead atoms. The normalized spacial score (nSPS) is 14.7. The summed E-state index contributed by atoms with van der Waals surface area (Å²) >= 11 is 0. The summed E-state index contributed by atoms with van der Waals surface area (Å²) in [4.78, 5) is 50.0. The van der Waals surface area contributed by atoms with Gasteiger partial charge in [0.25, 0.3) is 11.8 Å². The molecule has 1 saturated heterocycles. The molecule has 2 aromatic rings. The minimum atomic E-state index is -1.15. The van der Waals surface area contributed by atoms with Gasteiger partial charge >= 0.3 is 12.0 Å². The van der Waals surface area contributed by atoms with Crippen LogP contribution >= 0.6 is 0 Å². The topological polar surface area (TPSA) is 122 Å². The van der Waals surface area contributed by atoms with Crippen LogP contribution in [0.4, 0.5) is 10.5 Å². The molecule has 0 radical (unpaired) electrons. The molecule has 9 nitrogen and oxygen atoms in total. The number of hydrogen-bond acceptors (Lipinski definition) is 6. The fourth-order valence-electron chi connectivity index (χ4n) is 3.46. The van der Waals surface area contributed by atoms with Gasteiger partial charge in [0.15, 0.2) is 18.1 Å². The Bertz CT molecular complexity index is 1180. The number of nitrogens with one attached hydrogen (secondary N) is 1. The highest BCUT2D eigenvalue weighted by molar-refractivity contribution is 6.39. The summed E-state index contributed by atoms with van der Waals surface area (Å²) in [5, 5.41) is 11.1. The van der Waals surface area contributed by atoms with Crippen molar-refractivity contribution in [2.45, 2.75) is 19.8 Å². The second kappa shape index (κ2) is 10.5. The van der Waals surface area contributed by atoms with Gasteiger partial charge in [-0.15, -0.1) is 6.58 Å². The van der Waals surface area contributed by atoms with E-state index in [0.717, 1.165) is 16.9 Å². The molecule has 3 rings (SSSR count). The van der Waals surface area contributed by atoms with E-state index in [1.807, 2.05) is 6.92 Å². The monoisotopic (exact) mass is 464 g/mol. The Balaban J connectivity index is 2.03. The maximum Gasteiger partial charge on any atom is 0.341 e. The Morgan fingerprint density at radius 3 is 2.47 bits per heavy atom. The molecule has 1 fully saturated rings. The standard InChI is InChI=1S/C25H24N2O7/c1-4-6-17-11-16(13-20(33-3)22(17)34-14-21(28)29)12-19-23(30)26-25(32)27(24(19)31)18-9-7-15(5-2)8-10-18/h4,7-13H,1,5-6,14H2,2-3H3,(H,28,29)(H,26,30,32)/b19-12+. The first kappa shape index (κ1) is 24.2. The average Bonchev–Trinajstić information content (AvgIpc) is 2.81. The van der Waals surface area contributed by atoms with Crippen LogP contribution in [0.15, 0.2) is 54.6 Å². The molecule has 1 heterocycles. The molecule has 0 atom stereocenters. The minimum Gasteiger partial charge on any atom is -0.493 e. The van der Waals surface area contributed by atoms with E-state index >= 15 is 0 Å². The first-order valence-electron chi connectivity index (χ1n) is 10.5. The third-order valence-electron chi connectivity index (χ3n) is 5.09. The SMILES string of the molecule is C=CCc1cc(/C=C2\C(=O)NC(=O)N(c3ccc(CC)cc3)C2=O)cc(OC)c1OCC(=O)O. The molecule has 2 aromatic carbocycles. The summed E-state index contributed by atoms with van der Waals surface area (Å²) in [6.07, 6.45) is 4.05. The molecule has 0 aliphatic carbocycles. The van der Waals surface area contributed by atoms with E-state index in [4.69, 9.17) is 14.6 Å². The molecule has 0 unspecified atom stereocenters. The number of imide groups is 2. The first-order chi connectivity index (χ1) is 16.3. The summed E-state index contributed by atoms with van der Waals surface area (Å²) in [5.74, 6) is -2.31. The van der Waals surface area contributed by atoms with E-state index in [2.05, 4.69) is 11.9 Å². The van der Waals surface area contributed by atoms with Crippen LogP contribution in [0.2, 0.25) is 0 Å². The molecule has 0 aromatic heterocycles. The third-order valence-corrected chi connectivity index (χ3v) is 5.09. The van der Waals surface area contributed by atoms with Crippen LogP contribution in [-0.4, -0.2) is 42.6 Å². The number of barbiturate groups is 1. The molecular weight excluding hydrogens is 440 g/mol. The fourth-order valence-corrected chi connectivity index (χ4v) is 3.46. The maximum absolute atomic E-state index is 13.2. The summed E-state index contributed by atoms with van der Waals surface area (Å²) in [6.45, 7) is 5.10. The van der Waals surface area contributed by atoms with Crippen LogP contribution in [0, 0.1) is 0 Å². The zero-order chi connectivity index (χ0) is 24.8. The quantitative estimate of drug-likeness (QED) is 0.332. The number of carboxylic acids is 1. The van der Waals surface area contributed by atoms with E-state index in [1.54, 1.807) is 36.4 Å². The fraction of sp³-hybridized carbons (Fsp3) is 0.200. The van der Waals surface area contributed by atoms with Crippen molar-refractivity contribution in [3.8, 4) is 11.5 Å². The molecule has 0 saturated carbocycles. The van der Waals surface area contributed by atoms with E-state index in [-0.39, 0.29) is 17.1 Å². The largest absolute Gasteiger partial charge is 0.493 e. The lowest BCUT2D eigenvalue weighted by Gasteiger charge is -2.26. The number of rotatable bonds is 9. The highest BCUT2D eigenvalue weighted by Crippen LogP contribution is 2.35. The van der Waals surface area contributed by atoms with Crippen LogP contribution in [0.3, 0.4) is 0 Å². The molecule has 1 aliphatic rings. The number of carbonyl (C=O) groups is 4. The zero-order valence-corrected chi connectivity index (χ0v) is 18.8.